The highest BCUT2D eigenvalue weighted by Gasteiger charge is 2.07. The number of hydrogen-bond donors (Lipinski definition) is 1. The quantitative estimate of drug-likeness (QED) is 0.660. The van der Waals surface area contributed by atoms with Gasteiger partial charge in [-0.25, -0.2) is 4.79 Å². The van der Waals surface area contributed by atoms with E-state index in [1.54, 1.807) is 0 Å². The molecule has 66 valence electrons. The first-order valence-corrected chi connectivity index (χ1v) is 4.29. The molecular formula is C8H18N2O. The van der Waals surface area contributed by atoms with Gasteiger partial charge in [0.2, 0.25) is 0 Å². The largest absolute Gasteiger partial charge is 0.338 e. The summed E-state index contributed by atoms with van der Waals surface area (Å²) >= 11 is 0. The van der Waals surface area contributed by atoms with Crippen LogP contribution >= 0.6 is 0 Å². The van der Waals surface area contributed by atoms with Gasteiger partial charge in [-0.05, 0) is 20.3 Å². The van der Waals surface area contributed by atoms with E-state index in [1.165, 1.54) is 0 Å². The molecule has 0 heterocycles. The summed E-state index contributed by atoms with van der Waals surface area (Å²) in [6.07, 6.45) is 1.02. The van der Waals surface area contributed by atoms with Crippen LogP contribution in [0.15, 0.2) is 0 Å². The molecule has 0 atom stereocenters. The van der Waals surface area contributed by atoms with Crippen LogP contribution in [0.25, 0.3) is 0 Å². The monoisotopic (exact) mass is 158 g/mol. The van der Waals surface area contributed by atoms with Gasteiger partial charge >= 0.3 is 6.03 Å². The lowest BCUT2D eigenvalue weighted by Crippen LogP contribution is -2.40. The highest BCUT2D eigenvalue weighted by molar-refractivity contribution is 5.73. The highest BCUT2D eigenvalue weighted by atomic mass is 16.2. The fourth-order valence-corrected chi connectivity index (χ4v) is 0.936. The van der Waals surface area contributed by atoms with Gasteiger partial charge in [-0.3, -0.25) is 0 Å². The molecule has 0 radical (unpaired) electrons. The van der Waals surface area contributed by atoms with Crippen LogP contribution < -0.4 is 5.32 Å². The molecule has 0 aliphatic rings. The predicted molar refractivity (Wildman–Crippen MR) is 46.6 cm³/mol. The molecule has 0 fully saturated rings. The van der Waals surface area contributed by atoms with Gasteiger partial charge in [0.1, 0.15) is 0 Å². The fraction of sp³-hybridized carbons (Fsp3) is 0.875. The van der Waals surface area contributed by atoms with Crippen molar-refractivity contribution in [3.8, 4) is 0 Å². The van der Waals surface area contributed by atoms with Crippen LogP contribution in [-0.2, 0) is 0 Å². The molecule has 0 spiro atoms. The third kappa shape index (κ3) is 3.86. The summed E-state index contributed by atoms with van der Waals surface area (Å²) in [5.74, 6) is 0. The molecule has 0 aliphatic heterocycles. The smallest absolute Gasteiger partial charge is 0.317 e. The average Bonchev–Trinajstić information content (AvgIpc) is 2.00. The van der Waals surface area contributed by atoms with Crippen molar-refractivity contribution in [1.29, 1.82) is 0 Å². The molecule has 0 aromatic heterocycles. The summed E-state index contributed by atoms with van der Waals surface area (Å²) < 4.78 is 0. The van der Waals surface area contributed by atoms with E-state index in [0.717, 1.165) is 19.5 Å². The lowest BCUT2D eigenvalue weighted by molar-refractivity contribution is 0.201. The van der Waals surface area contributed by atoms with Crippen LogP contribution in [0.3, 0.4) is 0 Å². The zero-order valence-electron chi connectivity index (χ0n) is 7.68. The van der Waals surface area contributed by atoms with Crippen LogP contribution in [0, 0.1) is 0 Å². The Morgan fingerprint density at radius 3 is 2.36 bits per heavy atom. The number of carbonyl (C=O) groups excluding carboxylic acids is 1. The van der Waals surface area contributed by atoms with Gasteiger partial charge in [0.15, 0.2) is 0 Å². The first kappa shape index (κ1) is 10.3. The van der Waals surface area contributed by atoms with Gasteiger partial charge in [0, 0.05) is 19.6 Å². The zero-order chi connectivity index (χ0) is 8.69. The molecule has 0 rings (SSSR count). The third-order valence-electron chi connectivity index (χ3n) is 1.49. The van der Waals surface area contributed by atoms with Crippen LogP contribution in [0.4, 0.5) is 4.79 Å². The Morgan fingerprint density at radius 1 is 1.36 bits per heavy atom. The molecule has 3 heteroatoms. The Hall–Kier alpha value is -0.730. The van der Waals surface area contributed by atoms with Crippen molar-refractivity contribution in [2.75, 3.05) is 19.6 Å². The Morgan fingerprint density at radius 2 is 2.00 bits per heavy atom. The molecule has 1 N–H and O–H groups in total. The standard InChI is InChI=1S/C8H18N2O/c1-4-7-10(6-3)8(11)9-5-2/h4-7H2,1-3H3,(H,9,11). The SMILES string of the molecule is CCCN(CC)C(=O)NCC. The topological polar surface area (TPSA) is 32.3 Å². The van der Waals surface area contributed by atoms with Crippen molar-refractivity contribution >= 4 is 6.03 Å². The third-order valence-corrected chi connectivity index (χ3v) is 1.49. The number of carbonyl (C=O) groups is 1. The van der Waals surface area contributed by atoms with Gasteiger partial charge in [0.05, 0.1) is 0 Å². The normalized spacial score (nSPS) is 9.36. The molecule has 0 bridgehead atoms. The van der Waals surface area contributed by atoms with Crippen LogP contribution in [0.2, 0.25) is 0 Å². The molecular weight excluding hydrogens is 140 g/mol. The molecule has 0 saturated heterocycles. The Labute approximate surface area is 68.8 Å². The number of nitrogens with zero attached hydrogens (tertiary/aromatic N) is 1. The second kappa shape index (κ2) is 6.01. The van der Waals surface area contributed by atoms with Crippen molar-refractivity contribution in [2.45, 2.75) is 27.2 Å². The van der Waals surface area contributed by atoms with Crippen molar-refractivity contribution in [2.24, 2.45) is 0 Å². The van der Waals surface area contributed by atoms with E-state index in [-0.39, 0.29) is 6.03 Å². The fourth-order valence-electron chi connectivity index (χ4n) is 0.936. The Bertz CT molecular complexity index is 115. The number of nitrogens with one attached hydrogen (secondary N) is 1. The van der Waals surface area contributed by atoms with E-state index < -0.39 is 0 Å². The van der Waals surface area contributed by atoms with E-state index in [2.05, 4.69) is 12.2 Å². The van der Waals surface area contributed by atoms with Crippen molar-refractivity contribution in [3.05, 3.63) is 0 Å². The van der Waals surface area contributed by atoms with Gasteiger partial charge in [-0.15, -0.1) is 0 Å². The van der Waals surface area contributed by atoms with Crippen LogP contribution in [-0.4, -0.2) is 30.6 Å². The summed E-state index contributed by atoms with van der Waals surface area (Å²) in [5, 5.41) is 2.77. The second-order valence-corrected chi connectivity index (χ2v) is 2.42. The van der Waals surface area contributed by atoms with Crippen molar-refractivity contribution < 1.29 is 4.79 Å². The van der Waals surface area contributed by atoms with E-state index in [1.807, 2.05) is 18.7 Å². The first-order chi connectivity index (χ1) is 5.26. The summed E-state index contributed by atoms with van der Waals surface area (Å²) in [6, 6.07) is 0.0526. The summed E-state index contributed by atoms with van der Waals surface area (Å²) in [5.41, 5.74) is 0. The maximum Gasteiger partial charge on any atom is 0.317 e. The van der Waals surface area contributed by atoms with Crippen LogP contribution in [0.1, 0.15) is 27.2 Å². The van der Waals surface area contributed by atoms with E-state index >= 15 is 0 Å². The number of amides is 2. The minimum Gasteiger partial charge on any atom is -0.338 e. The summed E-state index contributed by atoms with van der Waals surface area (Å²) in [6.45, 7) is 8.34. The van der Waals surface area contributed by atoms with E-state index in [9.17, 15) is 4.79 Å². The van der Waals surface area contributed by atoms with Gasteiger partial charge in [-0.2, -0.15) is 0 Å². The van der Waals surface area contributed by atoms with Crippen LogP contribution in [0.5, 0.6) is 0 Å². The van der Waals surface area contributed by atoms with Crippen molar-refractivity contribution in [1.82, 2.24) is 10.2 Å². The molecule has 11 heavy (non-hydrogen) atoms. The molecule has 0 saturated carbocycles. The minimum absolute atomic E-state index is 0.0526. The zero-order valence-corrected chi connectivity index (χ0v) is 7.68. The minimum atomic E-state index is 0.0526. The average molecular weight is 158 g/mol. The maximum atomic E-state index is 11.2. The number of hydrogen-bond acceptors (Lipinski definition) is 1. The molecule has 0 aliphatic carbocycles. The van der Waals surface area contributed by atoms with E-state index in [0.29, 0.717) is 6.54 Å². The lowest BCUT2D eigenvalue weighted by Gasteiger charge is -2.19. The van der Waals surface area contributed by atoms with Gasteiger partial charge < -0.3 is 10.2 Å². The van der Waals surface area contributed by atoms with E-state index in [4.69, 9.17) is 0 Å². The number of urea groups is 1. The summed E-state index contributed by atoms with van der Waals surface area (Å²) in [7, 11) is 0. The molecule has 0 aromatic carbocycles. The Balaban J connectivity index is 3.71. The number of rotatable bonds is 4. The lowest BCUT2D eigenvalue weighted by atomic mass is 10.4. The summed E-state index contributed by atoms with van der Waals surface area (Å²) in [4.78, 5) is 13.0. The Kier molecular flexibility index (Phi) is 5.61. The molecule has 3 nitrogen and oxygen atoms in total. The van der Waals surface area contributed by atoms with Crippen molar-refractivity contribution in [3.63, 3.8) is 0 Å². The maximum absolute atomic E-state index is 11.2. The molecule has 0 aromatic rings. The first-order valence-electron chi connectivity index (χ1n) is 4.29. The van der Waals surface area contributed by atoms with Gasteiger partial charge in [-0.1, -0.05) is 6.92 Å². The van der Waals surface area contributed by atoms with Gasteiger partial charge in [0.25, 0.3) is 0 Å². The predicted octanol–water partition coefficient (Wildman–Crippen LogP) is 1.45. The molecule has 2 amide bonds. The molecule has 0 unspecified atom stereocenters. The second-order valence-electron chi connectivity index (χ2n) is 2.42. The highest BCUT2D eigenvalue weighted by Crippen LogP contribution is 1.90.